The van der Waals surface area contributed by atoms with Crippen LogP contribution in [0.15, 0.2) is 36.4 Å². The molecule has 12 heteroatoms. The Balaban J connectivity index is 1.68. The maximum absolute atomic E-state index is 13.4. The maximum Gasteiger partial charge on any atom is 0.416 e. The molecule has 2 aliphatic rings. The Morgan fingerprint density at radius 2 is 1.83 bits per heavy atom. The minimum absolute atomic E-state index is 0.0663. The number of urea groups is 1. The highest BCUT2D eigenvalue weighted by atomic mass is 19.4. The monoisotopic (exact) mass is 505 g/mol. The minimum atomic E-state index is -4.63. The predicted molar refractivity (Wildman–Crippen MR) is 120 cm³/mol. The van der Waals surface area contributed by atoms with Crippen LogP contribution in [0.4, 0.5) is 34.1 Å². The zero-order valence-corrected chi connectivity index (χ0v) is 19.3. The van der Waals surface area contributed by atoms with E-state index in [4.69, 9.17) is 4.74 Å². The van der Waals surface area contributed by atoms with Gasteiger partial charge in [0.1, 0.15) is 6.61 Å². The highest BCUT2D eigenvalue weighted by Gasteiger charge is 2.44. The van der Waals surface area contributed by atoms with Gasteiger partial charge in [-0.05, 0) is 54.8 Å². The zero-order valence-electron chi connectivity index (χ0n) is 19.3. The number of alkyl halides is 3. The van der Waals surface area contributed by atoms with Crippen molar-refractivity contribution >= 4 is 35.4 Å². The van der Waals surface area contributed by atoms with Gasteiger partial charge in [0.2, 0.25) is 5.91 Å². The fourth-order valence-electron chi connectivity index (χ4n) is 4.37. The van der Waals surface area contributed by atoms with Gasteiger partial charge in [0, 0.05) is 12.2 Å². The highest BCUT2D eigenvalue weighted by Crippen LogP contribution is 2.35. The molecule has 0 radical (unpaired) electrons. The van der Waals surface area contributed by atoms with Crippen molar-refractivity contribution in [2.24, 2.45) is 5.92 Å². The number of halogens is 3. The van der Waals surface area contributed by atoms with E-state index < -0.39 is 54.7 Å². The number of hydrogen-bond acceptors (Lipinski definition) is 5. The van der Waals surface area contributed by atoms with E-state index in [1.165, 1.54) is 30.0 Å². The summed E-state index contributed by atoms with van der Waals surface area (Å²) in [7, 11) is 0. The summed E-state index contributed by atoms with van der Waals surface area (Å²) < 4.78 is 45.0. The molecule has 4 rings (SSSR count). The summed E-state index contributed by atoms with van der Waals surface area (Å²) in [4.78, 5) is 53.2. The van der Waals surface area contributed by atoms with Gasteiger partial charge in [0.15, 0.2) is 5.92 Å². The number of benzene rings is 2. The lowest BCUT2D eigenvalue weighted by Crippen LogP contribution is -2.58. The molecule has 1 N–H and O–H groups in total. The number of cyclic esters (lactones) is 1. The van der Waals surface area contributed by atoms with E-state index in [1.54, 1.807) is 19.1 Å². The predicted octanol–water partition coefficient (Wildman–Crippen LogP) is 3.95. The van der Waals surface area contributed by atoms with E-state index in [1.807, 2.05) is 0 Å². The van der Waals surface area contributed by atoms with Crippen LogP contribution in [0.2, 0.25) is 0 Å². The summed E-state index contributed by atoms with van der Waals surface area (Å²) in [6.45, 7) is 2.54. The van der Waals surface area contributed by atoms with E-state index in [0.717, 1.165) is 11.0 Å². The van der Waals surface area contributed by atoms with Crippen LogP contribution >= 0.6 is 0 Å². The van der Waals surface area contributed by atoms with Crippen LogP contribution in [-0.2, 0) is 27.0 Å². The van der Waals surface area contributed by atoms with Crippen LogP contribution in [0.3, 0.4) is 0 Å². The Hall–Kier alpha value is -4.09. The van der Waals surface area contributed by atoms with Crippen molar-refractivity contribution in [1.29, 1.82) is 0 Å². The quantitative estimate of drug-likeness (QED) is 0.617. The molecular formula is C24H22F3N3O6. The van der Waals surface area contributed by atoms with Gasteiger partial charge in [-0.15, -0.1) is 0 Å². The third-order valence-electron chi connectivity index (χ3n) is 6.31. The molecule has 190 valence electrons. The third kappa shape index (κ3) is 4.45. The molecule has 0 spiro atoms. The van der Waals surface area contributed by atoms with E-state index in [0.29, 0.717) is 22.7 Å². The Morgan fingerprint density at radius 1 is 1.11 bits per heavy atom. The average Bonchev–Trinajstić information content (AvgIpc) is 3.22. The maximum atomic E-state index is 13.4. The van der Waals surface area contributed by atoms with Crippen LogP contribution < -0.4 is 9.80 Å². The smallest absolute Gasteiger partial charge is 0.416 e. The molecule has 0 aliphatic carbocycles. The van der Waals surface area contributed by atoms with Crippen molar-refractivity contribution in [1.82, 2.24) is 4.90 Å². The largest absolute Gasteiger partial charge is 0.481 e. The number of hydrogen-bond donors (Lipinski definition) is 1. The normalized spacial score (nSPS) is 18.6. The number of amides is 4. The van der Waals surface area contributed by atoms with E-state index in [-0.39, 0.29) is 23.4 Å². The number of aryl methyl sites for hydroxylation is 1. The lowest BCUT2D eigenvalue weighted by atomic mass is 9.99. The number of carbonyl (C=O) groups excluding carboxylic acids is 3. The molecule has 2 aliphatic heterocycles. The lowest BCUT2D eigenvalue weighted by molar-refractivity contribution is -0.150. The summed E-state index contributed by atoms with van der Waals surface area (Å²) in [5, 5.41) is 9.63. The Morgan fingerprint density at radius 3 is 2.42 bits per heavy atom. The van der Waals surface area contributed by atoms with E-state index in [2.05, 4.69) is 0 Å². The number of nitrogens with zero attached hydrogens (tertiary/aromatic N) is 3. The number of ether oxygens (including phenoxy) is 1. The van der Waals surface area contributed by atoms with Crippen LogP contribution in [0.25, 0.3) is 0 Å². The molecule has 2 saturated heterocycles. The Labute approximate surface area is 203 Å². The summed E-state index contributed by atoms with van der Waals surface area (Å²) in [6.07, 6.45) is -5.15. The number of rotatable bonds is 5. The fourth-order valence-corrected chi connectivity index (χ4v) is 4.37. The van der Waals surface area contributed by atoms with Gasteiger partial charge in [-0.25, -0.2) is 9.59 Å². The molecule has 0 saturated carbocycles. The number of carboxylic acid groups (broad SMARTS) is 1. The van der Waals surface area contributed by atoms with Crippen molar-refractivity contribution in [3.63, 3.8) is 0 Å². The van der Waals surface area contributed by atoms with Gasteiger partial charge in [-0.3, -0.25) is 24.3 Å². The van der Waals surface area contributed by atoms with Crippen molar-refractivity contribution in [2.45, 2.75) is 26.6 Å². The Kier molecular flexibility index (Phi) is 6.37. The summed E-state index contributed by atoms with van der Waals surface area (Å²) >= 11 is 0. The van der Waals surface area contributed by atoms with Gasteiger partial charge in [0.25, 0.3) is 0 Å². The van der Waals surface area contributed by atoms with Gasteiger partial charge in [-0.2, -0.15) is 13.2 Å². The molecule has 0 bridgehead atoms. The molecule has 0 aromatic heterocycles. The SMILES string of the molecule is Cc1cc(N2CC(C(=O)O)C(=O)N(Cc3cccc(C(F)(F)F)c3C)C2=O)ccc1N1CCOC1=O. The standard InChI is InChI=1S/C24H22F3N3O6/c1-13-10-16(6-7-19(13)28-8-9-36-23(28)35)29-12-17(21(32)33)20(31)30(22(29)34)11-15-4-3-5-18(14(15)2)24(25,26)27/h3-7,10,17H,8-9,11-12H2,1-2H3,(H,32,33). The van der Waals surface area contributed by atoms with Crippen LogP contribution in [0, 0.1) is 19.8 Å². The molecule has 1 unspecified atom stereocenters. The van der Waals surface area contributed by atoms with Gasteiger partial charge >= 0.3 is 24.3 Å². The third-order valence-corrected chi connectivity index (χ3v) is 6.31. The second-order valence-electron chi connectivity index (χ2n) is 8.53. The molecule has 2 heterocycles. The summed E-state index contributed by atoms with van der Waals surface area (Å²) in [5.41, 5.74) is 0.425. The summed E-state index contributed by atoms with van der Waals surface area (Å²) in [5.74, 6) is -4.08. The number of aliphatic carboxylic acids is 1. The van der Waals surface area contributed by atoms with Crippen molar-refractivity contribution < 1.29 is 42.2 Å². The molecule has 2 aromatic carbocycles. The van der Waals surface area contributed by atoms with Gasteiger partial charge in [-0.1, -0.05) is 12.1 Å². The first-order valence-electron chi connectivity index (χ1n) is 11.0. The second kappa shape index (κ2) is 9.17. The van der Waals surface area contributed by atoms with E-state index in [9.17, 15) is 37.5 Å². The van der Waals surface area contributed by atoms with Crippen LogP contribution in [-0.4, -0.2) is 53.7 Å². The van der Waals surface area contributed by atoms with Crippen molar-refractivity contribution in [2.75, 3.05) is 29.5 Å². The molecule has 4 amide bonds. The first-order valence-corrected chi connectivity index (χ1v) is 11.0. The van der Waals surface area contributed by atoms with Gasteiger partial charge in [0.05, 0.1) is 24.3 Å². The minimum Gasteiger partial charge on any atom is -0.481 e. The average molecular weight is 505 g/mol. The molecule has 36 heavy (non-hydrogen) atoms. The van der Waals surface area contributed by atoms with E-state index >= 15 is 0 Å². The number of carbonyl (C=O) groups is 4. The molecule has 9 nitrogen and oxygen atoms in total. The number of imide groups is 1. The van der Waals surface area contributed by atoms with Crippen LogP contribution in [0.1, 0.15) is 22.3 Å². The highest BCUT2D eigenvalue weighted by molar-refractivity contribution is 6.12. The molecule has 1 atom stereocenters. The first-order chi connectivity index (χ1) is 16.9. The Bertz CT molecular complexity index is 1260. The number of anilines is 2. The second-order valence-corrected chi connectivity index (χ2v) is 8.53. The van der Waals surface area contributed by atoms with Crippen LogP contribution in [0.5, 0.6) is 0 Å². The lowest BCUT2D eigenvalue weighted by Gasteiger charge is -2.37. The number of carboxylic acids is 1. The zero-order chi connectivity index (χ0) is 26.4. The summed E-state index contributed by atoms with van der Waals surface area (Å²) in [6, 6.07) is 7.22. The van der Waals surface area contributed by atoms with Gasteiger partial charge < -0.3 is 9.84 Å². The molecular weight excluding hydrogens is 483 g/mol. The molecule has 2 fully saturated rings. The van der Waals surface area contributed by atoms with Crippen molar-refractivity contribution in [3.05, 3.63) is 58.7 Å². The molecule has 2 aromatic rings. The topological polar surface area (TPSA) is 107 Å². The van der Waals surface area contributed by atoms with Crippen molar-refractivity contribution in [3.8, 4) is 0 Å². The first kappa shape index (κ1) is 25.0. The fraction of sp³-hybridized carbons (Fsp3) is 0.333.